The van der Waals surface area contributed by atoms with E-state index < -0.39 is 0 Å². The summed E-state index contributed by atoms with van der Waals surface area (Å²) in [7, 11) is 1.79. The van der Waals surface area contributed by atoms with Crippen molar-refractivity contribution in [1.29, 1.82) is 0 Å². The summed E-state index contributed by atoms with van der Waals surface area (Å²) in [6, 6.07) is 20.4. The monoisotopic (exact) mass is 607 g/mol. The summed E-state index contributed by atoms with van der Waals surface area (Å²) < 4.78 is 3.38. The van der Waals surface area contributed by atoms with Crippen LogP contribution in [-0.2, 0) is 18.3 Å². The van der Waals surface area contributed by atoms with E-state index in [2.05, 4.69) is 63.1 Å². The maximum absolute atomic E-state index is 13.4. The second kappa shape index (κ2) is 10.0. The number of hydrogen-bond donors (Lipinski definition) is 3. The molecule has 0 spiro atoms. The molecule has 0 fully saturated rings. The molecule has 2 heterocycles. The number of nitrogens with one attached hydrogen (secondary N) is 3. The first-order valence-corrected chi connectivity index (χ1v) is 12.5. The Balaban J connectivity index is 1.46. The van der Waals surface area contributed by atoms with Gasteiger partial charge in [-0.25, -0.2) is 0 Å². The quantitative estimate of drug-likeness (QED) is 0.241. The minimum Gasteiger partial charge on any atom is -0.338 e. The van der Waals surface area contributed by atoms with Crippen molar-refractivity contribution in [2.24, 2.45) is 7.05 Å². The molecule has 0 unspecified atom stereocenters. The number of halogens is 2. The van der Waals surface area contributed by atoms with E-state index in [0.717, 1.165) is 25.4 Å². The average molecular weight is 609 g/mol. The largest absolute Gasteiger partial charge is 0.338 e. The number of anilines is 2. The third-order valence-corrected chi connectivity index (χ3v) is 6.86. The lowest BCUT2D eigenvalue weighted by atomic mass is 10.1. The van der Waals surface area contributed by atoms with Gasteiger partial charge in [0.15, 0.2) is 0 Å². The third kappa shape index (κ3) is 4.79. The summed E-state index contributed by atoms with van der Waals surface area (Å²) in [4.78, 5) is 26.1. The van der Waals surface area contributed by atoms with Gasteiger partial charge in [-0.15, -0.1) is 10.2 Å². The van der Waals surface area contributed by atoms with Crippen LogP contribution in [0, 0.1) is 0 Å². The van der Waals surface area contributed by atoms with Crippen LogP contribution in [0.4, 0.5) is 11.4 Å². The van der Waals surface area contributed by atoms with Crippen LogP contribution in [0.1, 0.15) is 16.1 Å². The first-order valence-electron chi connectivity index (χ1n) is 10.9. The third-order valence-electron chi connectivity index (χ3n) is 5.67. The lowest BCUT2D eigenvalue weighted by molar-refractivity contribution is -0.115. The van der Waals surface area contributed by atoms with Crippen molar-refractivity contribution in [3.8, 4) is 11.4 Å². The molecule has 0 aliphatic carbocycles. The number of tetrazole rings is 1. The number of carbonyl (C=O) groups is 2. The Bertz CT molecular complexity index is 1580. The van der Waals surface area contributed by atoms with E-state index in [1.807, 2.05) is 48.5 Å². The zero-order valence-electron chi connectivity index (χ0n) is 18.9. The Morgan fingerprint density at radius 2 is 1.75 bits per heavy atom. The number of H-pyrrole nitrogens is 1. The molecule has 180 valence electrons. The van der Waals surface area contributed by atoms with Crippen molar-refractivity contribution in [2.75, 3.05) is 10.6 Å². The van der Waals surface area contributed by atoms with Crippen LogP contribution in [0.15, 0.2) is 75.7 Å². The number of nitrogens with zero attached hydrogens (tertiary/aromatic N) is 4. The smallest absolute Gasteiger partial charge is 0.272 e. The molecule has 0 atom stereocenters. The topological polar surface area (TPSA) is 118 Å². The Labute approximate surface area is 222 Å². The molecule has 3 N–H and O–H groups in total. The Hall–Kier alpha value is -3.83. The highest BCUT2D eigenvalue weighted by molar-refractivity contribution is 9.11. The summed E-state index contributed by atoms with van der Waals surface area (Å²) >= 11 is 7.01. The van der Waals surface area contributed by atoms with Gasteiger partial charge in [0.05, 0.1) is 23.3 Å². The van der Waals surface area contributed by atoms with Gasteiger partial charge in [0.1, 0.15) is 5.69 Å². The number of carbonyl (C=O) groups excluding carboxylic acids is 2. The minimum absolute atomic E-state index is 0.142. The number of rotatable bonds is 6. The Morgan fingerprint density at radius 3 is 2.50 bits per heavy atom. The van der Waals surface area contributed by atoms with E-state index in [1.54, 1.807) is 29.8 Å². The SMILES string of the molecule is Cn1c(C(=O)Nc2ccc(Br)cc2-c2nn[nH]n2)cc2c(Br)ccc(NC(=O)Cc3ccccc3)c21. The fourth-order valence-electron chi connectivity index (χ4n) is 4.00. The summed E-state index contributed by atoms with van der Waals surface area (Å²) in [6.45, 7) is 0. The molecule has 0 aliphatic heterocycles. The van der Waals surface area contributed by atoms with Crippen molar-refractivity contribution in [2.45, 2.75) is 6.42 Å². The predicted molar refractivity (Wildman–Crippen MR) is 145 cm³/mol. The van der Waals surface area contributed by atoms with Crippen LogP contribution in [0.5, 0.6) is 0 Å². The van der Waals surface area contributed by atoms with Gasteiger partial charge < -0.3 is 15.2 Å². The lowest BCUT2D eigenvalue weighted by Gasteiger charge is -2.12. The minimum atomic E-state index is -0.325. The standard InChI is InChI=1S/C25H19Br2N7O2/c1-34-21(25(36)29-19-9-7-15(26)12-17(19)24-30-32-33-31-24)13-16-18(27)8-10-20(23(16)34)28-22(35)11-14-5-3-2-4-6-14/h2-10,12-13H,11H2,1H3,(H,28,35)(H,29,36)(H,30,31,32,33). The zero-order chi connectivity index (χ0) is 25.2. The van der Waals surface area contributed by atoms with Crippen LogP contribution in [0.3, 0.4) is 0 Å². The highest BCUT2D eigenvalue weighted by Crippen LogP contribution is 2.34. The summed E-state index contributed by atoms with van der Waals surface area (Å²) in [5, 5.41) is 20.8. The Kier molecular flexibility index (Phi) is 6.66. The highest BCUT2D eigenvalue weighted by Gasteiger charge is 2.20. The van der Waals surface area contributed by atoms with Gasteiger partial charge in [-0.3, -0.25) is 9.59 Å². The van der Waals surface area contributed by atoms with E-state index in [4.69, 9.17) is 0 Å². The van der Waals surface area contributed by atoms with E-state index in [0.29, 0.717) is 28.5 Å². The number of hydrogen-bond acceptors (Lipinski definition) is 5. The van der Waals surface area contributed by atoms with E-state index >= 15 is 0 Å². The number of aryl methyl sites for hydroxylation is 1. The second-order valence-electron chi connectivity index (χ2n) is 8.04. The molecule has 0 radical (unpaired) electrons. The molecule has 9 nitrogen and oxygen atoms in total. The molecule has 5 aromatic rings. The molecule has 2 aromatic heterocycles. The van der Waals surface area contributed by atoms with Crippen molar-refractivity contribution in [3.63, 3.8) is 0 Å². The number of amides is 2. The molecular weight excluding hydrogens is 590 g/mol. The molecular formula is C25H19Br2N7O2. The van der Waals surface area contributed by atoms with E-state index in [9.17, 15) is 9.59 Å². The van der Waals surface area contributed by atoms with E-state index in [-0.39, 0.29) is 18.2 Å². The maximum atomic E-state index is 13.4. The number of aromatic nitrogens is 5. The predicted octanol–water partition coefficient (Wildman–Crippen LogP) is 5.32. The van der Waals surface area contributed by atoms with Gasteiger partial charge in [-0.05, 0) is 47.2 Å². The van der Waals surface area contributed by atoms with E-state index in [1.165, 1.54) is 0 Å². The van der Waals surface area contributed by atoms with Crippen LogP contribution in [0.25, 0.3) is 22.3 Å². The number of benzene rings is 3. The van der Waals surface area contributed by atoms with Crippen molar-refractivity contribution in [3.05, 3.63) is 86.9 Å². The lowest BCUT2D eigenvalue weighted by Crippen LogP contribution is -2.17. The second-order valence-corrected chi connectivity index (χ2v) is 9.81. The van der Waals surface area contributed by atoms with Crippen molar-refractivity contribution in [1.82, 2.24) is 25.2 Å². The van der Waals surface area contributed by atoms with Gasteiger partial charge in [0.2, 0.25) is 11.7 Å². The molecule has 11 heteroatoms. The average Bonchev–Trinajstić information content (AvgIpc) is 3.52. The van der Waals surface area contributed by atoms with Gasteiger partial charge in [0, 0.05) is 26.9 Å². The fourth-order valence-corrected chi connectivity index (χ4v) is 4.80. The van der Waals surface area contributed by atoms with Crippen molar-refractivity contribution >= 4 is 66.0 Å². The first kappa shape index (κ1) is 23.9. The summed E-state index contributed by atoms with van der Waals surface area (Å²) in [6.07, 6.45) is 0.249. The van der Waals surface area contributed by atoms with Crippen LogP contribution >= 0.6 is 31.9 Å². The normalized spacial score (nSPS) is 11.0. The molecule has 5 rings (SSSR count). The number of fused-ring (bicyclic) bond motifs is 1. The molecule has 2 amide bonds. The molecule has 3 aromatic carbocycles. The first-order chi connectivity index (χ1) is 17.4. The van der Waals surface area contributed by atoms with Gasteiger partial charge in [-0.1, -0.05) is 62.2 Å². The summed E-state index contributed by atoms with van der Waals surface area (Å²) in [5.41, 5.74) is 3.82. The Morgan fingerprint density at radius 1 is 0.972 bits per heavy atom. The number of aromatic amines is 1. The van der Waals surface area contributed by atoms with Crippen LogP contribution < -0.4 is 10.6 Å². The van der Waals surface area contributed by atoms with Crippen LogP contribution in [0.2, 0.25) is 0 Å². The van der Waals surface area contributed by atoms with Gasteiger partial charge in [0.25, 0.3) is 5.91 Å². The van der Waals surface area contributed by atoms with Crippen molar-refractivity contribution < 1.29 is 9.59 Å². The molecule has 0 saturated heterocycles. The van der Waals surface area contributed by atoms with Crippen LogP contribution in [-0.4, -0.2) is 37.0 Å². The zero-order valence-corrected chi connectivity index (χ0v) is 22.1. The highest BCUT2D eigenvalue weighted by atomic mass is 79.9. The summed E-state index contributed by atoms with van der Waals surface area (Å²) in [5.74, 6) is -0.110. The van der Waals surface area contributed by atoms with Gasteiger partial charge >= 0.3 is 0 Å². The maximum Gasteiger partial charge on any atom is 0.272 e. The molecule has 0 saturated carbocycles. The fraction of sp³-hybridized carbons (Fsp3) is 0.0800. The molecule has 0 aliphatic rings. The van der Waals surface area contributed by atoms with Gasteiger partial charge in [-0.2, -0.15) is 5.21 Å². The molecule has 0 bridgehead atoms. The molecule has 36 heavy (non-hydrogen) atoms.